The molecule has 1 atom stereocenters. The van der Waals surface area contributed by atoms with E-state index in [0.29, 0.717) is 0 Å². The summed E-state index contributed by atoms with van der Waals surface area (Å²) >= 11 is 0. The lowest BCUT2D eigenvalue weighted by atomic mass is 9.89. The summed E-state index contributed by atoms with van der Waals surface area (Å²) in [6.45, 7) is 2.82. The van der Waals surface area contributed by atoms with Gasteiger partial charge < -0.3 is 5.73 Å². The van der Waals surface area contributed by atoms with Gasteiger partial charge in [-0.3, -0.25) is 9.88 Å². The van der Waals surface area contributed by atoms with Crippen LogP contribution in [-0.4, -0.2) is 32.9 Å². The predicted molar refractivity (Wildman–Crippen MR) is 103 cm³/mol. The van der Waals surface area contributed by atoms with Gasteiger partial charge in [0.1, 0.15) is 5.82 Å². The normalized spacial score (nSPS) is 17.7. The monoisotopic (exact) mass is 363 g/mol. The first kappa shape index (κ1) is 17.5. The first-order chi connectivity index (χ1) is 13.2. The zero-order chi connectivity index (χ0) is 18.6. The molecule has 0 bridgehead atoms. The van der Waals surface area contributed by atoms with Gasteiger partial charge in [0.05, 0.1) is 5.69 Å². The lowest BCUT2D eigenvalue weighted by molar-refractivity contribution is 0.198. The molecule has 2 N–H and O–H groups in total. The average molecular weight is 363 g/mol. The third-order valence-electron chi connectivity index (χ3n) is 5.02. The predicted octanol–water partition coefficient (Wildman–Crippen LogP) is 3.64. The van der Waals surface area contributed by atoms with Crippen LogP contribution in [0.5, 0.6) is 0 Å². The number of likely N-dealkylation sites (tertiary alicyclic amines) is 1. The van der Waals surface area contributed by atoms with Gasteiger partial charge in [-0.25, -0.2) is 14.4 Å². The number of rotatable bonds is 4. The number of nitrogens with zero attached hydrogens (tertiary/aromatic N) is 4. The molecule has 1 saturated heterocycles. The zero-order valence-electron chi connectivity index (χ0n) is 15.1. The van der Waals surface area contributed by atoms with Crippen molar-refractivity contribution >= 4 is 5.95 Å². The Kier molecular flexibility index (Phi) is 5.07. The molecule has 5 nitrogen and oxygen atoms in total. The van der Waals surface area contributed by atoms with E-state index < -0.39 is 0 Å². The molecule has 0 saturated carbocycles. The summed E-state index contributed by atoms with van der Waals surface area (Å²) < 4.78 is 13.7. The number of benzene rings is 1. The molecule has 6 heteroatoms. The van der Waals surface area contributed by atoms with Crippen molar-refractivity contribution in [2.75, 3.05) is 18.8 Å². The summed E-state index contributed by atoms with van der Waals surface area (Å²) in [6, 6.07) is 10.7. The Bertz CT molecular complexity index is 915. The molecule has 3 heterocycles. The van der Waals surface area contributed by atoms with E-state index in [1.54, 1.807) is 12.3 Å². The number of aromatic nitrogens is 3. The number of nitrogen functional groups attached to an aromatic ring is 1. The van der Waals surface area contributed by atoms with E-state index in [9.17, 15) is 4.39 Å². The smallest absolute Gasteiger partial charge is 0.220 e. The Labute approximate surface area is 158 Å². The fourth-order valence-electron chi connectivity index (χ4n) is 3.77. The number of pyridine rings is 1. The highest BCUT2D eigenvalue weighted by Crippen LogP contribution is 2.33. The third kappa shape index (κ3) is 4.11. The highest BCUT2D eigenvalue weighted by molar-refractivity contribution is 5.66. The second-order valence-electron chi connectivity index (χ2n) is 6.97. The summed E-state index contributed by atoms with van der Waals surface area (Å²) in [5.41, 5.74) is 9.69. The van der Waals surface area contributed by atoms with Gasteiger partial charge in [-0.1, -0.05) is 12.1 Å². The maximum atomic E-state index is 13.7. The molecule has 1 fully saturated rings. The van der Waals surface area contributed by atoms with Gasteiger partial charge >= 0.3 is 0 Å². The first-order valence-electron chi connectivity index (χ1n) is 9.18. The van der Waals surface area contributed by atoms with Crippen molar-refractivity contribution in [2.45, 2.75) is 25.3 Å². The SMILES string of the molecule is Nc1ncc(-c2cccc(F)c2)c([C@@H]2CCCN(Cc3ccncc3)C2)n1. The summed E-state index contributed by atoms with van der Waals surface area (Å²) in [7, 11) is 0. The van der Waals surface area contributed by atoms with Crippen molar-refractivity contribution in [1.82, 2.24) is 19.9 Å². The van der Waals surface area contributed by atoms with Gasteiger partial charge in [-0.05, 0) is 54.8 Å². The van der Waals surface area contributed by atoms with Crippen LogP contribution in [0.2, 0.25) is 0 Å². The maximum Gasteiger partial charge on any atom is 0.220 e. The van der Waals surface area contributed by atoms with Crippen molar-refractivity contribution in [1.29, 1.82) is 0 Å². The van der Waals surface area contributed by atoms with Crippen LogP contribution in [0.1, 0.15) is 30.0 Å². The van der Waals surface area contributed by atoms with Crippen LogP contribution in [0.25, 0.3) is 11.1 Å². The molecule has 138 valence electrons. The number of piperidine rings is 1. The Morgan fingerprint density at radius 2 is 2.04 bits per heavy atom. The van der Waals surface area contributed by atoms with Crippen LogP contribution in [0.4, 0.5) is 10.3 Å². The van der Waals surface area contributed by atoms with Crippen LogP contribution < -0.4 is 5.73 Å². The topological polar surface area (TPSA) is 67.9 Å². The van der Waals surface area contributed by atoms with Gasteiger partial charge in [0.2, 0.25) is 5.95 Å². The van der Waals surface area contributed by atoms with E-state index in [-0.39, 0.29) is 17.7 Å². The molecule has 1 aromatic carbocycles. The molecule has 2 aromatic heterocycles. The Hall–Kier alpha value is -2.86. The van der Waals surface area contributed by atoms with Crippen LogP contribution in [0, 0.1) is 5.82 Å². The lowest BCUT2D eigenvalue weighted by Gasteiger charge is -2.33. The second-order valence-corrected chi connectivity index (χ2v) is 6.97. The van der Waals surface area contributed by atoms with E-state index in [1.165, 1.54) is 17.7 Å². The summed E-state index contributed by atoms with van der Waals surface area (Å²) in [5.74, 6) is 0.235. The van der Waals surface area contributed by atoms with Crippen LogP contribution >= 0.6 is 0 Å². The molecule has 1 aliphatic heterocycles. The molecule has 0 radical (unpaired) electrons. The van der Waals surface area contributed by atoms with E-state index in [1.807, 2.05) is 30.6 Å². The largest absolute Gasteiger partial charge is 0.368 e. The van der Waals surface area contributed by atoms with Gasteiger partial charge in [-0.2, -0.15) is 0 Å². The van der Waals surface area contributed by atoms with Crippen molar-refractivity contribution < 1.29 is 4.39 Å². The van der Waals surface area contributed by atoms with Crippen molar-refractivity contribution in [3.05, 3.63) is 72.1 Å². The highest BCUT2D eigenvalue weighted by Gasteiger charge is 2.25. The van der Waals surface area contributed by atoms with E-state index in [2.05, 4.69) is 19.9 Å². The standard InChI is InChI=1S/C21H22FN5/c22-18-5-1-3-16(11-18)19-12-25-21(23)26-20(19)17-4-2-10-27(14-17)13-15-6-8-24-9-7-15/h1,3,5-9,11-12,17H,2,4,10,13-14H2,(H2,23,25,26)/t17-/m1/s1. The van der Waals surface area contributed by atoms with Crippen LogP contribution in [0.15, 0.2) is 55.0 Å². The molecule has 1 aliphatic rings. The minimum atomic E-state index is -0.266. The molecule has 0 aliphatic carbocycles. The summed E-state index contributed by atoms with van der Waals surface area (Å²) in [5, 5.41) is 0. The molecule has 4 rings (SSSR count). The lowest BCUT2D eigenvalue weighted by Crippen LogP contribution is -2.34. The van der Waals surface area contributed by atoms with Crippen molar-refractivity contribution in [3.8, 4) is 11.1 Å². The van der Waals surface area contributed by atoms with Crippen molar-refractivity contribution in [3.63, 3.8) is 0 Å². The van der Waals surface area contributed by atoms with E-state index >= 15 is 0 Å². The fourth-order valence-corrected chi connectivity index (χ4v) is 3.77. The molecule has 0 amide bonds. The Morgan fingerprint density at radius 3 is 2.85 bits per heavy atom. The number of hydrogen-bond donors (Lipinski definition) is 1. The Morgan fingerprint density at radius 1 is 1.19 bits per heavy atom. The van der Waals surface area contributed by atoms with Crippen LogP contribution in [0.3, 0.4) is 0 Å². The quantitative estimate of drug-likeness (QED) is 0.766. The molecular weight excluding hydrogens is 341 g/mol. The number of nitrogens with two attached hydrogens (primary N) is 1. The summed E-state index contributed by atoms with van der Waals surface area (Å²) in [6.07, 6.45) is 7.48. The first-order valence-corrected chi connectivity index (χ1v) is 9.18. The molecule has 0 spiro atoms. The maximum absolute atomic E-state index is 13.7. The average Bonchev–Trinajstić information content (AvgIpc) is 2.69. The zero-order valence-corrected chi connectivity index (χ0v) is 15.1. The van der Waals surface area contributed by atoms with Crippen molar-refractivity contribution in [2.24, 2.45) is 0 Å². The third-order valence-corrected chi connectivity index (χ3v) is 5.02. The van der Waals surface area contributed by atoms with E-state index in [0.717, 1.165) is 49.3 Å². The molecule has 3 aromatic rings. The fraction of sp³-hybridized carbons (Fsp3) is 0.286. The minimum absolute atomic E-state index is 0.240. The minimum Gasteiger partial charge on any atom is -0.368 e. The highest BCUT2D eigenvalue weighted by atomic mass is 19.1. The number of halogens is 1. The van der Waals surface area contributed by atoms with Gasteiger partial charge in [-0.15, -0.1) is 0 Å². The Balaban J connectivity index is 1.61. The molecule has 27 heavy (non-hydrogen) atoms. The van der Waals surface area contributed by atoms with E-state index in [4.69, 9.17) is 5.73 Å². The molecule has 0 unspecified atom stereocenters. The second kappa shape index (κ2) is 7.80. The number of anilines is 1. The van der Waals surface area contributed by atoms with Gasteiger partial charge in [0, 0.05) is 43.2 Å². The summed E-state index contributed by atoms with van der Waals surface area (Å²) in [4.78, 5) is 15.2. The van der Waals surface area contributed by atoms with Gasteiger partial charge in [0.25, 0.3) is 0 Å². The number of hydrogen-bond acceptors (Lipinski definition) is 5. The van der Waals surface area contributed by atoms with Crippen LogP contribution in [-0.2, 0) is 6.54 Å². The van der Waals surface area contributed by atoms with Gasteiger partial charge in [0.15, 0.2) is 0 Å². The molecular formula is C21H22FN5.